The minimum atomic E-state index is 0. The molecule has 0 aromatic carbocycles. The van der Waals surface area contributed by atoms with E-state index in [9.17, 15) is 4.79 Å². The summed E-state index contributed by atoms with van der Waals surface area (Å²) in [5.41, 5.74) is 3.30. The summed E-state index contributed by atoms with van der Waals surface area (Å²) in [6, 6.07) is 1.92. The third-order valence-corrected chi connectivity index (χ3v) is 5.63. The zero-order valence-corrected chi connectivity index (χ0v) is 17.1. The molecule has 4 heterocycles. The first-order chi connectivity index (χ1) is 11.5. The first kappa shape index (κ1) is 20.9. The summed E-state index contributed by atoms with van der Waals surface area (Å²) in [5, 5.41) is 8.85. The third kappa shape index (κ3) is 3.55. The fourth-order valence-electron chi connectivity index (χ4n) is 4.33. The maximum atomic E-state index is 13.2. The average molecular weight is 400 g/mol. The number of rotatable bonds is 1. The second-order valence-electron chi connectivity index (χ2n) is 7.27. The molecule has 0 saturated carbocycles. The van der Waals surface area contributed by atoms with E-state index in [1.165, 1.54) is 0 Å². The third-order valence-electron chi connectivity index (χ3n) is 5.63. The van der Waals surface area contributed by atoms with Gasteiger partial charge in [0.2, 0.25) is 0 Å². The van der Waals surface area contributed by atoms with Gasteiger partial charge < -0.3 is 10.2 Å². The van der Waals surface area contributed by atoms with Gasteiger partial charge in [0.15, 0.2) is 5.65 Å². The molecular weight excluding hydrogens is 373 g/mol. The van der Waals surface area contributed by atoms with Crippen LogP contribution in [0.15, 0.2) is 6.07 Å². The van der Waals surface area contributed by atoms with Crippen molar-refractivity contribution in [2.24, 2.45) is 18.9 Å². The number of carbonyl (C=O) groups is 1. The number of aromatic nitrogens is 3. The molecule has 1 amide bonds. The standard InChI is InChI=1S/C18H25N5O.2ClH/c1-11-8-15(16-12(2)21-22(3)17(16)20-11)18(24)23-6-4-13-9-19-10-14(13)5-7-23;;/h8,13-14,19H,4-7,9-10H2,1-3H3;2*1H/t13-,14+;;. The van der Waals surface area contributed by atoms with E-state index in [1.54, 1.807) is 4.68 Å². The highest BCUT2D eigenvalue weighted by molar-refractivity contribution is 6.06. The van der Waals surface area contributed by atoms with Crippen LogP contribution in [0.4, 0.5) is 0 Å². The number of nitrogens with one attached hydrogen (secondary N) is 1. The smallest absolute Gasteiger partial charge is 0.254 e. The fraction of sp³-hybridized carbons (Fsp3) is 0.611. The van der Waals surface area contributed by atoms with Crippen LogP contribution < -0.4 is 5.32 Å². The van der Waals surface area contributed by atoms with Crippen molar-refractivity contribution in [3.63, 3.8) is 0 Å². The van der Waals surface area contributed by atoms with Crippen LogP contribution in [0.5, 0.6) is 0 Å². The van der Waals surface area contributed by atoms with Gasteiger partial charge in [0.25, 0.3) is 5.91 Å². The summed E-state index contributed by atoms with van der Waals surface area (Å²) < 4.78 is 1.77. The molecule has 144 valence electrons. The molecule has 0 radical (unpaired) electrons. The Balaban J connectivity index is 0.00000121. The Morgan fingerprint density at radius 3 is 2.38 bits per heavy atom. The van der Waals surface area contributed by atoms with Gasteiger partial charge >= 0.3 is 0 Å². The molecule has 0 spiro atoms. The lowest BCUT2D eigenvalue weighted by Crippen LogP contribution is -2.33. The summed E-state index contributed by atoms with van der Waals surface area (Å²) >= 11 is 0. The van der Waals surface area contributed by atoms with Crippen molar-refractivity contribution in [1.82, 2.24) is 25.0 Å². The van der Waals surface area contributed by atoms with E-state index in [0.29, 0.717) is 0 Å². The number of aryl methyl sites for hydroxylation is 3. The van der Waals surface area contributed by atoms with E-state index in [1.807, 2.05) is 31.9 Å². The molecule has 8 heteroatoms. The number of nitrogens with zero attached hydrogens (tertiary/aromatic N) is 4. The van der Waals surface area contributed by atoms with E-state index in [4.69, 9.17) is 0 Å². The van der Waals surface area contributed by atoms with Gasteiger partial charge in [-0.3, -0.25) is 9.48 Å². The number of fused-ring (bicyclic) bond motifs is 2. The Labute approximate surface area is 166 Å². The molecule has 2 saturated heterocycles. The molecule has 2 aliphatic rings. The number of pyridine rings is 1. The van der Waals surface area contributed by atoms with E-state index in [0.717, 1.165) is 78.8 Å². The molecule has 0 aliphatic carbocycles. The van der Waals surface area contributed by atoms with Gasteiger partial charge in [-0.15, -0.1) is 24.8 Å². The van der Waals surface area contributed by atoms with Crippen LogP contribution >= 0.6 is 24.8 Å². The number of amides is 1. The van der Waals surface area contributed by atoms with E-state index in [-0.39, 0.29) is 30.7 Å². The Kier molecular flexibility index (Phi) is 6.53. The van der Waals surface area contributed by atoms with Crippen LogP contribution in [0.2, 0.25) is 0 Å². The van der Waals surface area contributed by atoms with E-state index in [2.05, 4.69) is 15.4 Å². The lowest BCUT2D eigenvalue weighted by atomic mass is 9.92. The molecule has 0 bridgehead atoms. The van der Waals surface area contributed by atoms with Gasteiger partial charge in [-0.05, 0) is 57.7 Å². The minimum absolute atomic E-state index is 0. The topological polar surface area (TPSA) is 63.1 Å². The predicted octanol–water partition coefficient (Wildman–Crippen LogP) is 2.50. The second-order valence-corrected chi connectivity index (χ2v) is 7.27. The second kappa shape index (κ2) is 8.11. The van der Waals surface area contributed by atoms with Crippen molar-refractivity contribution in [3.8, 4) is 0 Å². The zero-order chi connectivity index (χ0) is 16.8. The van der Waals surface area contributed by atoms with Crippen molar-refractivity contribution in [1.29, 1.82) is 0 Å². The number of carbonyl (C=O) groups excluding carboxylic acids is 1. The highest BCUT2D eigenvalue weighted by Crippen LogP contribution is 2.29. The SMILES string of the molecule is Cc1cc(C(=O)N2CC[C@@H]3CNC[C@@H]3CC2)c2c(C)nn(C)c2n1.Cl.Cl. The lowest BCUT2D eigenvalue weighted by molar-refractivity contribution is 0.0760. The van der Waals surface area contributed by atoms with Crippen molar-refractivity contribution < 1.29 is 4.79 Å². The Bertz CT molecular complexity index is 792. The molecule has 6 nitrogen and oxygen atoms in total. The number of likely N-dealkylation sites (tertiary alicyclic amines) is 1. The number of hydrogen-bond donors (Lipinski definition) is 1. The molecule has 1 N–H and O–H groups in total. The number of hydrogen-bond acceptors (Lipinski definition) is 4. The van der Waals surface area contributed by atoms with Crippen LogP contribution in [0.25, 0.3) is 11.0 Å². The summed E-state index contributed by atoms with van der Waals surface area (Å²) in [6.07, 6.45) is 2.20. The molecule has 2 aromatic rings. The Morgan fingerprint density at radius 1 is 1.15 bits per heavy atom. The quantitative estimate of drug-likeness (QED) is 0.799. The first-order valence-electron chi connectivity index (χ1n) is 8.85. The van der Waals surface area contributed by atoms with Gasteiger partial charge in [-0.25, -0.2) is 4.98 Å². The van der Waals surface area contributed by atoms with Gasteiger partial charge in [0, 0.05) is 25.8 Å². The van der Waals surface area contributed by atoms with Gasteiger partial charge in [0.05, 0.1) is 16.6 Å². The van der Waals surface area contributed by atoms with Crippen molar-refractivity contribution in [3.05, 3.63) is 23.0 Å². The van der Waals surface area contributed by atoms with Crippen LogP contribution in [0.1, 0.15) is 34.6 Å². The van der Waals surface area contributed by atoms with Gasteiger partial charge in [-0.1, -0.05) is 0 Å². The maximum absolute atomic E-state index is 13.2. The van der Waals surface area contributed by atoms with Crippen molar-refractivity contribution in [2.75, 3.05) is 26.2 Å². The molecule has 2 aliphatic heterocycles. The largest absolute Gasteiger partial charge is 0.339 e. The van der Waals surface area contributed by atoms with Crippen LogP contribution in [-0.4, -0.2) is 51.8 Å². The van der Waals surface area contributed by atoms with Crippen LogP contribution in [-0.2, 0) is 7.05 Å². The maximum Gasteiger partial charge on any atom is 0.254 e. The molecule has 4 rings (SSSR count). The summed E-state index contributed by atoms with van der Waals surface area (Å²) in [5.74, 6) is 1.58. The monoisotopic (exact) mass is 399 g/mol. The van der Waals surface area contributed by atoms with Gasteiger partial charge in [0.1, 0.15) is 0 Å². The van der Waals surface area contributed by atoms with Crippen molar-refractivity contribution >= 4 is 41.8 Å². The molecule has 2 aromatic heterocycles. The van der Waals surface area contributed by atoms with Gasteiger partial charge in [-0.2, -0.15) is 5.10 Å². The molecule has 26 heavy (non-hydrogen) atoms. The van der Waals surface area contributed by atoms with E-state index < -0.39 is 0 Å². The summed E-state index contributed by atoms with van der Waals surface area (Å²) in [6.45, 7) is 7.80. The van der Waals surface area contributed by atoms with Crippen LogP contribution in [0.3, 0.4) is 0 Å². The number of halogens is 2. The highest BCUT2D eigenvalue weighted by atomic mass is 35.5. The normalized spacial score (nSPS) is 22.3. The first-order valence-corrected chi connectivity index (χ1v) is 8.85. The molecule has 2 fully saturated rings. The summed E-state index contributed by atoms with van der Waals surface area (Å²) in [4.78, 5) is 19.9. The Morgan fingerprint density at radius 2 is 1.77 bits per heavy atom. The Hall–Kier alpha value is -1.37. The van der Waals surface area contributed by atoms with E-state index >= 15 is 0 Å². The summed E-state index contributed by atoms with van der Waals surface area (Å²) in [7, 11) is 1.89. The zero-order valence-electron chi connectivity index (χ0n) is 15.5. The molecular formula is C18H27Cl2N5O. The highest BCUT2D eigenvalue weighted by Gasteiger charge is 2.32. The average Bonchev–Trinajstić information content (AvgIpc) is 3.05. The molecule has 0 unspecified atom stereocenters. The fourth-order valence-corrected chi connectivity index (χ4v) is 4.33. The van der Waals surface area contributed by atoms with Crippen LogP contribution in [0, 0.1) is 25.7 Å². The predicted molar refractivity (Wildman–Crippen MR) is 107 cm³/mol. The molecule has 2 atom stereocenters. The lowest BCUT2D eigenvalue weighted by Gasteiger charge is -2.21. The minimum Gasteiger partial charge on any atom is -0.339 e. The van der Waals surface area contributed by atoms with Crippen molar-refractivity contribution in [2.45, 2.75) is 26.7 Å².